The van der Waals surface area contributed by atoms with Crippen LogP contribution in [-0.2, 0) is 11.2 Å². The van der Waals surface area contributed by atoms with Crippen LogP contribution in [0.5, 0.6) is 0 Å². The predicted molar refractivity (Wildman–Crippen MR) is 119 cm³/mol. The third kappa shape index (κ3) is 3.85. The van der Waals surface area contributed by atoms with Gasteiger partial charge < -0.3 is 9.47 Å². The van der Waals surface area contributed by atoms with Gasteiger partial charge in [-0.2, -0.15) is 0 Å². The van der Waals surface area contributed by atoms with Crippen LogP contribution in [0.25, 0.3) is 16.9 Å². The molecule has 0 spiro atoms. The molecule has 0 saturated carbocycles. The summed E-state index contributed by atoms with van der Waals surface area (Å²) in [6.07, 6.45) is 5.39. The fourth-order valence-electron chi connectivity index (χ4n) is 4.30. The Morgan fingerprint density at radius 3 is 2.71 bits per heavy atom. The summed E-state index contributed by atoms with van der Waals surface area (Å²) in [7, 11) is 0. The minimum Gasteiger partial charge on any atom is -0.308 e. The second kappa shape index (κ2) is 8.77. The van der Waals surface area contributed by atoms with Gasteiger partial charge in [0.2, 0.25) is 0 Å². The van der Waals surface area contributed by atoms with Gasteiger partial charge in [0.25, 0.3) is 5.91 Å². The first-order valence-electron chi connectivity index (χ1n) is 10.8. The van der Waals surface area contributed by atoms with Crippen molar-refractivity contribution in [3.63, 3.8) is 0 Å². The molecule has 7 nitrogen and oxygen atoms in total. The number of nitrogens with zero attached hydrogens (tertiary/aromatic N) is 6. The van der Waals surface area contributed by atoms with E-state index >= 15 is 0 Å². The van der Waals surface area contributed by atoms with Crippen molar-refractivity contribution < 1.29 is 18.0 Å². The normalized spacial score (nSPS) is 15.9. The molecule has 0 radical (unpaired) electrons. The van der Waals surface area contributed by atoms with Gasteiger partial charge in [-0.3, -0.25) is 4.79 Å². The van der Waals surface area contributed by atoms with E-state index < -0.39 is 30.3 Å². The van der Waals surface area contributed by atoms with Gasteiger partial charge in [-0.15, -0.1) is 5.10 Å². The molecule has 0 N–H and O–H groups in total. The number of aromatic nitrogens is 5. The number of carbonyl (C=O) groups is 1. The van der Waals surface area contributed by atoms with Gasteiger partial charge in [0.1, 0.15) is 30.0 Å². The van der Waals surface area contributed by atoms with Crippen LogP contribution >= 0.6 is 0 Å². The largest absolute Gasteiger partial charge is 0.308 e. The maximum Gasteiger partial charge on any atom is 0.252 e. The molecular formula is C24H21F3N6O. The lowest BCUT2D eigenvalue weighted by Crippen LogP contribution is -2.38. The summed E-state index contributed by atoms with van der Waals surface area (Å²) in [6, 6.07) is 8.30. The van der Waals surface area contributed by atoms with Gasteiger partial charge in [-0.05, 0) is 50.1 Å². The van der Waals surface area contributed by atoms with Gasteiger partial charge in [0.15, 0.2) is 0 Å². The fraction of sp³-hybridized carbons (Fsp3) is 0.250. The Bertz CT molecular complexity index is 1360. The van der Waals surface area contributed by atoms with E-state index in [0.717, 1.165) is 5.69 Å². The third-order valence-corrected chi connectivity index (χ3v) is 5.98. The monoisotopic (exact) mass is 466 g/mol. The van der Waals surface area contributed by atoms with Crippen molar-refractivity contribution in [1.29, 1.82) is 0 Å². The quantitative estimate of drug-likeness (QED) is 0.442. The Hall–Kier alpha value is -3.95. The highest BCUT2D eigenvalue weighted by Crippen LogP contribution is 2.33. The van der Waals surface area contributed by atoms with Crippen molar-refractivity contribution in [2.45, 2.75) is 25.8 Å². The van der Waals surface area contributed by atoms with E-state index in [-0.39, 0.29) is 30.6 Å². The van der Waals surface area contributed by atoms with E-state index in [0.29, 0.717) is 16.9 Å². The Morgan fingerprint density at radius 1 is 1.12 bits per heavy atom. The average molecular weight is 466 g/mol. The van der Waals surface area contributed by atoms with Crippen LogP contribution in [0.2, 0.25) is 0 Å². The van der Waals surface area contributed by atoms with Crippen LogP contribution in [0.15, 0.2) is 55.1 Å². The summed E-state index contributed by atoms with van der Waals surface area (Å²) in [4.78, 5) is 18.7. The standard InChI is InChI=1S/C24H21F3N6O/c1-15-12-31(14-28-15)16-5-6-17(20(27)11-16)21-13-33(30-29-21)23-8-7-18-19(26)3-2-4-22(18)32(10-9-25)24(23)34/h2-6,11-14,23H,7-10H2,1H3. The number of alkyl halides is 1. The number of amides is 1. The Labute approximate surface area is 193 Å². The van der Waals surface area contributed by atoms with Crippen LogP contribution < -0.4 is 4.90 Å². The van der Waals surface area contributed by atoms with E-state index in [4.69, 9.17) is 0 Å². The van der Waals surface area contributed by atoms with E-state index in [1.807, 2.05) is 6.92 Å². The molecule has 2 aromatic heterocycles. The maximum absolute atomic E-state index is 14.9. The molecule has 0 bridgehead atoms. The second-order valence-corrected chi connectivity index (χ2v) is 8.14. The molecule has 0 aliphatic carbocycles. The number of hydrogen-bond acceptors (Lipinski definition) is 4. The van der Waals surface area contributed by atoms with E-state index in [1.165, 1.54) is 34.0 Å². The zero-order valence-electron chi connectivity index (χ0n) is 18.3. The lowest BCUT2D eigenvalue weighted by Gasteiger charge is -2.24. The Balaban J connectivity index is 1.45. The number of hydrogen-bond donors (Lipinski definition) is 0. The molecule has 2 aromatic carbocycles. The number of anilines is 1. The molecule has 10 heteroatoms. The first-order valence-corrected chi connectivity index (χ1v) is 10.8. The van der Waals surface area contributed by atoms with Crippen molar-refractivity contribution >= 4 is 11.6 Å². The van der Waals surface area contributed by atoms with Crippen LogP contribution in [0.4, 0.5) is 18.9 Å². The highest BCUT2D eigenvalue weighted by atomic mass is 19.1. The van der Waals surface area contributed by atoms with Gasteiger partial charge in [-0.25, -0.2) is 22.8 Å². The second-order valence-electron chi connectivity index (χ2n) is 8.14. The van der Waals surface area contributed by atoms with Gasteiger partial charge in [0, 0.05) is 28.7 Å². The van der Waals surface area contributed by atoms with Gasteiger partial charge in [-0.1, -0.05) is 11.3 Å². The molecule has 4 aromatic rings. The minimum atomic E-state index is -0.823. The number of halogens is 3. The van der Waals surface area contributed by atoms with Crippen molar-refractivity contribution in [1.82, 2.24) is 24.5 Å². The number of aryl methyl sites for hydroxylation is 1. The van der Waals surface area contributed by atoms with Crippen LogP contribution in [0.3, 0.4) is 0 Å². The van der Waals surface area contributed by atoms with Crippen molar-refractivity contribution in [3.05, 3.63) is 78.0 Å². The lowest BCUT2D eigenvalue weighted by atomic mass is 10.1. The zero-order valence-corrected chi connectivity index (χ0v) is 18.3. The molecule has 34 heavy (non-hydrogen) atoms. The first-order chi connectivity index (χ1) is 16.5. The highest BCUT2D eigenvalue weighted by molar-refractivity contribution is 5.97. The first kappa shape index (κ1) is 21.9. The summed E-state index contributed by atoms with van der Waals surface area (Å²) in [5.74, 6) is -1.36. The molecule has 174 valence electrons. The van der Waals surface area contributed by atoms with Crippen molar-refractivity contribution in [3.8, 4) is 16.9 Å². The van der Waals surface area contributed by atoms with Crippen molar-refractivity contribution in [2.24, 2.45) is 0 Å². The van der Waals surface area contributed by atoms with Crippen LogP contribution in [-0.4, -0.2) is 43.7 Å². The third-order valence-electron chi connectivity index (χ3n) is 5.98. The number of rotatable bonds is 5. The Kier molecular flexibility index (Phi) is 5.64. The number of fused-ring (bicyclic) bond motifs is 1. The predicted octanol–water partition coefficient (Wildman–Crippen LogP) is 4.21. The van der Waals surface area contributed by atoms with Crippen LogP contribution in [0, 0.1) is 18.6 Å². The lowest BCUT2D eigenvalue weighted by molar-refractivity contribution is -0.122. The molecule has 0 fully saturated rings. The van der Waals surface area contributed by atoms with Crippen LogP contribution in [0.1, 0.15) is 23.7 Å². The number of benzene rings is 2. The number of imidazole rings is 1. The summed E-state index contributed by atoms with van der Waals surface area (Å²) in [5, 5.41) is 8.13. The molecule has 1 amide bonds. The summed E-state index contributed by atoms with van der Waals surface area (Å²) >= 11 is 0. The molecule has 3 heterocycles. The smallest absolute Gasteiger partial charge is 0.252 e. The summed E-state index contributed by atoms with van der Waals surface area (Å²) in [6.45, 7) is 0.873. The summed E-state index contributed by atoms with van der Waals surface area (Å²) in [5.41, 5.74) is 2.62. The fourth-order valence-corrected chi connectivity index (χ4v) is 4.30. The number of carbonyl (C=O) groups excluding carboxylic acids is 1. The maximum atomic E-state index is 14.9. The van der Waals surface area contributed by atoms with E-state index in [1.54, 1.807) is 35.3 Å². The average Bonchev–Trinajstić information content (AvgIpc) is 3.45. The molecular weight excluding hydrogens is 445 g/mol. The highest BCUT2D eigenvalue weighted by Gasteiger charge is 2.33. The van der Waals surface area contributed by atoms with Gasteiger partial charge >= 0.3 is 0 Å². The molecule has 5 rings (SSSR count). The molecule has 0 saturated heterocycles. The molecule has 1 aliphatic heterocycles. The van der Waals surface area contributed by atoms with E-state index in [2.05, 4.69) is 15.3 Å². The SMILES string of the molecule is Cc1cn(-c2ccc(-c3cn(C4CCc5c(F)cccc5N(CCF)C4=O)nn3)c(F)c2)cn1. The minimum absolute atomic E-state index is 0.197. The zero-order chi connectivity index (χ0) is 23.8. The molecule has 1 aliphatic rings. The summed E-state index contributed by atoms with van der Waals surface area (Å²) < 4.78 is 45.7. The van der Waals surface area contributed by atoms with Gasteiger partial charge in [0.05, 0.1) is 24.8 Å². The van der Waals surface area contributed by atoms with Crippen molar-refractivity contribution in [2.75, 3.05) is 18.1 Å². The van der Waals surface area contributed by atoms with E-state index in [9.17, 15) is 18.0 Å². The molecule has 1 atom stereocenters. The Morgan fingerprint density at radius 2 is 1.97 bits per heavy atom. The molecule has 1 unspecified atom stereocenters. The topological polar surface area (TPSA) is 68.8 Å².